The first kappa shape index (κ1) is 17.0. The van der Waals surface area contributed by atoms with Crippen molar-refractivity contribution < 1.29 is 5.11 Å². The van der Waals surface area contributed by atoms with Crippen LogP contribution < -0.4 is 10.6 Å². The zero-order valence-electron chi connectivity index (χ0n) is 14.4. The first-order chi connectivity index (χ1) is 10.1. The molecule has 0 saturated carbocycles. The fourth-order valence-corrected chi connectivity index (χ4v) is 2.87. The Balaban J connectivity index is 2.25. The first-order valence-corrected chi connectivity index (χ1v) is 7.89. The topological polar surface area (TPSA) is 78.5 Å². The predicted octanol–water partition coefficient (Wildman–Crippen LogP) is 1.25. The molecule has 1 aliphatic heterocycles. The zero-order chi connectivity index (χ0) is 16.5. The summed E-state index contributed by atoms with van der Waals surface area (Å²) in [6, 6.07) is 1.86. The minimum Gasteiger partial charge on any atom is -0.395 e. The summed E-state index contributed by atoms with van der Waals surface area (Å²) in [5, 5.41) is 9.20. The standard InChI is InChI=1S/C16H29N5O/c1-15(2,3)12-10-13(17)19-14(18-12)20-6-7-21(8-9-22)16(4,5)11-20/h10,22H,6-9,11H2,1-5H3,(H2,17,18,19). The lowest BCUT2D eigenvalue weighted by Crippen LogP contribution is -2.60. The van der Waals surface area contributed by atoms with Crippen molar-refractivity contribution in [3.8, 4) is 0 Å². The highest BCUT2D eigenvalue weighted by Gasteiger charge is 2.34. The van der Waals surface area contributed by atoms with E-state index in [1.807, 2.05) is 6.07 Å². The number of β-amino-alcohol motifs (C(OH)–C–C–N with tert-alkyl or cyclic N) is 1. The molecule has 1 aliphatic rings. The molecule has 124 valence electrons. The van der Waals surface area contributed by atoms with Gasteiger partial charge in [0.2, 0.25) is 5.95 Å². The number of hydrogen-bond donors (Lipinski definition) is 2. The average molecular weight is 307 g/mol. The van der Waals surface area contributed by atoms with Gasteiger partial charge in [-0.2, -0.15) is 4.98 Å². The number of aromatic nitrogens is 2. The highest BCUT2D eigenvalue weighted by Crippen LogP contribution is 2.27. The van der Waals surface area contributed by atoms with Crippen molar-refractivity contribution in [1.29, 1.82) is 0 Å². The van der Waals surface area contributed by atoms with E-state index in [-0.39, 0.29) is 17.6 Å². The van der Waals surface area contributed by atoms with Gasteiger partial charge < -0.3 is 15.7 Å². The number of piperazine rings is 1. The fraction of sp³-hybridized carbons (Fsp3) is 0.750. The van der Waals surface area contributed by atoms with E-state index in [4.69, 9.17) is 10.7 Å². The Hall–Kier alpha value is -1.40. The molecule has 1 fully saturated rings. The molecule has 0 atom stereocenters. The molecule has 2 heterocycles. The van der Waals surface area contributed by atoms with Gasteiger partial charge in [0.25, 0.3) is 0 Å². The van der Waals surface area contributed by atoms with Gasteiger partial charge in [0.15, 0.2) is 0 Å². The molecule has 1 aromatic rings. The van der Waals surface area contributed by atoms with Crippen molar-refractivity contribution in [2.75, 3.05) is 43.4 Å². The van der Waals surface area contributed by atoms with Crippen molar-refractivity contribution in [2.45, 2.75) is 45.6 Å². The lowest BCUT2D eigenvalue weighted by Gasteiger charge is -2.47. The van der Waals surface area contributed by atoms with Crippen molar-refractivity contribution in [1.82, 2.24) is 14.9 Å². The lowest BCUT2D eigenvalue weighted by atomic mass is 9.92. The molecule has 0 aliphatic carbocycles. The Labute approximate surface area is 133 Å². The lowest BCUT2D eigenvalue weighted by molar-refractivity contribution is 0.0807. The van der Waals surface area contributed by atoms with Crippen LogP contribution in [0.3, 0.4) is 0 Å². The maximum absolute atomic E-state index is 9.20. The van der Waals surface area contributed by atoms with Gasteiger partial charge in [-0.3, -0.25) is 4.90 Å². The van der Waals surface area contributed by atoms with Crippen LogP contribution >= 0.6 is 0 Å². The van der Waals surface area contributed by atoms with Gasteiger partial charge >= 0.3 is 0 Å². The van der Waals surface area contributed by atoms with Gasteiger partial charge in [0, 0.05) is 43.2 Å². The number of rotatable bonds is 3. The third kappa shape index (κ3) is 3.67. The predicted molar refractivity (Wildman–Crippen MR) is 90.1 cm³/mol. The number of nitrogen functional groups attached to an aromatic ring is 1. The van der Waals surface area contributed by atoms with Gasteiger partial charge in [-0.1, -0.05) is 20.8 Å². The van der Waals surface area contributed by atoms with Crippen LogP contribution in [0.1, 0.15) is 40.3 Å². The fourth-order valence-electron chi connectivity index (χ4n) is 2.87. The van der Waals surface area contributed by atoms with Gasteiger partial charge in [-0.15, -0.1) is 0 Å². The van der Waals surface area contributed by atoms with Gasteiger partial charge in [-0.05, 0) is 13.8 Å². The summed E-state index contributed by atoms with van der Waals surface area (Å²) in [6.45, 7) is 14.2. The number of aliphatic hydroxyl groups excluding tert-OH is 1. The molecule has 0 radical (unpaired) electrons. The molecule has 6 heteroatoms. The molecule has 6 nitrogen and oxygen atoms in total. The van der Waals surface area contributed by atoms with Gasteiger partial charge in [0.1, 0.15) is 5.82 Å². The summed E-state index contributed by atoms with van der Waals surface area (Å²) in [5.74, 6) is 1.23. The number of anilines is 2. The van der Waals surface area contributed by atoms with Crippen LogP contribution in [0.15, 0.2) is 6.07 Å². The van der Waals surface area contributed by atoms with Crippen LogP contribution in [-0.4, -0.2) is 58.3 Å². The summed E-state index contributed by atoms with van der Waals surface area (Å²) in [6.07, 6.45) is 0. The number of nitrogens with zero attached hydrogens (tertiary/aromatic N) is 4. The maximum Gasteiger partial charge on any atom is 0.227 e. The molecule has 0 aromatic carbocycles. The largest absolute Gasteiger partial charge is 0.395 e. The highest BCUT2D eigenvalue weighted by atomic mass is 16.3. The van der Waals surface area contributed by atoms with Gasteiger partial charge in [-0.25, -0.2) is 4.98 Å². The van der Waals surface area contributed by atoms with Crippen LogP contribution in [-0.2, 0) is 5.41 Å². The van der Waals surface area contributed by atoms with Crippen LogP contribution in [0.5, 0.6) is 0 Å². The summed E-state index contributed by atoms with van der Waals surface area (Å²) >= 11 is 0. The van der Waals surface area contributed by atoms with Crippen LogP contribution in [0.25, 0.3) is 0 Å². The molecule has 1 saturated heterocycles. The molecule has 0 spiro atoms. The third-order valence-corrected chi connectivity index (χ3v) is 4.23. The molecule has 0 bridgehead atoms. The maximum atomic E-state index is 9.20. The van der Waals surface area contributed by atoms with E-state index in [1.165, 1.54) is 0 Å². The van der Waals surface area contributed by atoms with Crippen LogP contribution in [0.4, 0.5) is 11.8 Å². The molecule has 1 aromatic heterocycles. The summed E-state index contributed by atoms with van der Waals surface area (Å²) in [5.41, 5.74) is 6.86. The van der Waals surface area contributed by atoms with Crippen LogP contribution in [0.2, 0.25) is 0 Å². The smallest absolute Gasteiger partial charge is 0.227 e. The Morgan fingerprint density at radius 2 is 1.95 bits per heavy atom. The second-order valence-electron chi connectivity index (χ2n) is 7.67. The summed E-state index contributed by atoms with van der Waals surface area (Å²) in [4.78, 5) is 13.7. The Bertz CT molecular complexity index is 524. The molecule has 22 heavy (non-hydrogen) atoms. The first-order valence-electron chi connectivity index (χ1n) is 7.89. The van der Waals surface area contributed by atoms with Crippen molar-refractivity contribution in [3.05, 3.63) is 11.8 Å². The zero-order valence-corrected chi connectivity index (χ0v) is 14.4. The van der Waals surface area contributed by atoms with E-state index < -0.39 is 0 Å². The molecule has 3 N–H and O–H groups in total. The third-order valence-electron chi connectivity index (χ3n) is 4.23. The summed E-state index contributed by atoms with van der Waals surface area (Å²) < 4.78 is 0. The monoisotopic (exact) mass is 307 g/mol. The van der Waals surface area contributed by atoms with Crippen molar-refractivity contribution in [2.24, 2.45) is 0 Å². The average Bonchev–Trinajstić information content (AvgIpc) is 2.39. The minimum atomic E-state index is -0.0555. The quantitative estimate of drug-likeness (QED) is 0.875. The van der Waals surface area contributed by atoms with Gasteiger partial charge in [0.05, 0.1) is 12.3 Å². The molecular formula is C16H29N5O. The highest BCUT2D eigenvalue weighted by molar-refractivity contribution is 5.43. The molecular weight excluding hydrogens is 278 g/mol. The number of hydrogen-bond acceptors (Lipinski definition) is 6. The van der Waals surface area contributed by atoms with Crippen molar-refractivity contribution in [3.63, 3.8) is 0 Å². The molecule has 2 rings (SSSR count). The van der Waals surface area contributed by atoms with E-state index in [0.29, 0.717) is 18.3 Å². The normalized spacial score (nSPS) is 19.5. The molecule has 0 amide bonds. The Morgan fingerprint density at radius 1 is 1.27 bits per heavy atom. The summed E-state index contributed by atoms with van der Waals surface area (Å²) in [7, 11) is 0. The minimum absolute atomic E-state index is 0.0309. The van der Waals surface area contributed by atoms with E-state index in [1.54, 1.807) is 0 Å². The van der Waals surface area contributed by atoms with E-state index in [2.05, 4.69) is 49.4 Å². The second kappa shape index (κ2) is 6.01. The Kier molecular flexibility index (Phi) is 4.63. The Morgan fingerprint density at radius 3 is 2.50 bits per heavy atom. The number of nitrogens with two attached hydrogens (primary N) is 1. The second-order valence-corrected chi connectivity index (χ2v) is 7.67. The van der Waals surface area contributed by atoms with Crippen LogP contribution in [0, 0.1) is 0 Å². The SMILES string of the molecule is CC(C)(C)c1cc(N)nc(N2CCN(CCO)C(C)(C)C2)n1. The molecule has 0 unspecified atom stereocenters. The van der Waals surface area contributed by atoms with E-state index in [9.17, 15) is 5.11 Å². The number of aliphatic hydroxyl groups is 1. The van der Waals surface area contributed by atoms with E-state index >= 15 is 0 Å². The van der Waals surface area contributed by atoms with E-state index in [0.717, 1.165) is 25.3 Å². The van der Waals surface area contributed by atoms with Crippen molar-refractivity contribution >= 4 is 11.8 Å².